The van der Waals surface area contributed by atoms with Gasteiger partial charge in [0.15, 0.2) is 12.2 Å². The van der Waals surface area contributed by atoms with E-state index in [4.69, 9.17) is 4.74 Å². The fraction of sp³-hybridized carbons (Fsp3) is 0.500. The van der Waals surface area contributed by atoms with Gasteiger partial charge in [0.25, 0.3) is 0 Å². The van der Waals surface area contributed by atoms with Crippen LogP contribution in [0.4, 0.5) is 0 Å². The molecule has 0 aromatic rings. The number of esters is 4. The second-order valence-corrected chi connectivity index (χ2v) is 3.51. The van der Waals surface area contributed by atoms with Crippen LogP contribution in [0.2, 0.25) is 0 Å². The van der Waals surface area contributed by atoms with Gasteiger partial charge in [0.05, 0.1) is 0 Å². The highest BCUT2D eigenvalue weighted by Crippen LogP contribution is 2.42. The maximum absolute atomic E-state index is 11.2. The molecule has 3 aliphatic heterocycles. The minimum absolute atomic E-state index is 0.829. The monoisotopic (exact) mass is 212 g/mol. The maximum atomic E-state index is 11.2. The van der Waals surface area contributed by atoms with Gasteiger partial charge >= 0.3 is 23.9 Å². The fourth-order valence-electron chi connectivity index (χ4n) is 2.10. The summed E-state index contributed by atoms with van der Waals surface area (Å²) in [4.78, 5) is 44.6. The van der Waals surface area contributed by atoms with Crippen molar-refractivity contribution in [3.05, 3.63) is 0 Å². The molecule has 0 aromatic carbocycles. The number of carbonyl (C=O) groups is 4. The van der Waals surface area contributed by atoms with Gasteiger partial charge in [-0.3, -0.25) is 9.59 Å². The molecule has 0 aliphatic carbocycles. The lowest BCUT2D eigenvalue weighted by molar-refractivity contribution is -0.160. The van der Waals surface area contributed by atoms with Crippen LogP contribution in [0.3, 0.4) is 0 Å². The van der Waals surface area contributed by atoms with E-state index in [2.05, 4.69) is 9.47 Å². The normalized spacial score (nSPS) is 42.7. The number of rotatable bonds is 0. The van der Waals surface area contributed by atoms with Crippen LogP contribution in [0.5, 0.6) is 0 Å². The highest BCUT2D eigenvalue weighted by Gasteiger charge is 2.66. The molecule has 0 bridgehead atoms. The summed E-state index contributed by atoms with van der Waals surface area (Å²) in [7, 11) is 0. The number of fused-ring (bicyclic) bond motifs is 3. The third-order valence-electron chi connectivity index (χ3n) is 2.74. The summed E-state index contributed by atoms with van der Waals surface area (Å²) in [5, 5.41) is 0. The topological polar surface area (TPSA) is 96.0 Å². The van der Waals surface area contributed by atoms with Crippen molar-refractivity contribution in [1.82, 2.24) is 0 Å². The minimum atomic E-state index is -1.13. The van der Waals surface area contributed by atoms with Crippen LogP contribution < -0.4 is 0 Å². The number of cyclic esters (lactones) is 4. The van der Waals surface area contributed by atoms with E-state index in [0.717, 1.165) is 0 Å². The zero-order chi connectivity index (χ0) is 10.7. The Morgan fingerprint density at radius 2 is 1.07 bits per heavy atom. The van der Waals surface area contributed by atoms with Crippen molar-refractivity contribution in [3.8, 4) is 0 Å². The third kappa shape index (κ3) is 0.878. The van der Waals surface area contributed by atoms with E-state index < -0.39 is 47.9 Å². The van der Waals surface area contributed by atoms with Gasteiger partial charge in [-0.25, -0.2) is 9.59 Å². The van der Waals surface area contributed by atoms with Crippen LogP contribution in [0.25, 0.3) is 0 Å². The molecule has 7 heteroatoms. The zero-order valence-electron chi connectivity index (χ0n) is 7.17. The average molecular weight is 212 g/mol. The summed E-state index contributed by atoms with van der Waals surface area (Å²) in [5.74, 6) is -5.41. The van der Waals surface area contributed by atoms with E-state index in [0.29, 0.717) is 0 Å². The first-order chi connectivity index (χ1) is 7.09. The van der Waals surface area contributed by atoms with Crippen molar-refractivity contribution in [3.63, 3.8) is 0 Å². The Labute approximate surface area is 82.3 Å². The molecule has 3 fully saturated rings. The Bertz CT molecular complexity index is 373. The predicted octanol–water partition coefficient (Wildman–Crippen LogP) is -1.85. The standard InChI is InChI=1S/C8H4O7/c9-5-1-2-4(8(12)15-6(2)10)13-3(1)7(11)14-5/h1-4H/t1-,2-,3-,4+/m1/s1. The molecule has 3 saturated heterocycles. The highest BCUT2D eigenvalue weighted by molar-refractivity contribution is 6.07. The van der Waals surface area contributed by atoms with Gasteiger partial charge in [0.2, 0.25) is 0 Å². The van der Waals surface area contributed by atoms with Crippen LogP contribution in [0, 0.1) is 11.8 Å². The fourth-order valence-corrected chi connectivity index (χ4v) is 2.10. The summed E-state index contributed by atoms with van der Waals surface area (Å²) in [6.07, 6.45) is -2.27. The second-order valence-electron chi connectivity index (χ2n) is 3.51. The van der Waals surface area contributed by atoms with Crippen LogP contribution in [0.15, 0.2) is 0 Å². The van der Waals surface area contributed by atoms with Gasteiger partial charge in [-0.05, 0) is 0 Å². The quantitative estimate of drug-likeness (QED) is 0.343. The first-order valence-electron chi connectivity index (χ1n) is 4.26. The van der Waals surface area contributed by atoms with Gasteiger partial charge in [0.1, 0.15) is 11.8 Å². The lowest BCUT2D eigenvalue weighted by Crippen LogP contribution is -2.27. The molecule has 0 saturated carbocycles. The Hall–Kier alpha value is -1.76. The van der Waals surface area contributed by atoms with Crippen LogP contribution in [-0.2, 0) is 33.4 Å². The molecule has 7 nitrogen and oxygen atoms in total. The molecule has 0 radical (unpaired) electrons. The van der Waals surface area contributed by atoms with Crippen molar-refractivity contribution in [2.24, 2.45) is 11.8 Å². The molecule has 0 amide bonds. The molecule has 0 aromatic heterocycles. The van der Waals surface area contributed by atoms with Crippen molar-refractivity contribution in [1.29, 1.82) is 0 Å². The molecule has 3 rings (SSSR count). The smallest absolute Gasteiger partial charge is 0.343 e. The summed E-state index contributed by atoms with van der Waals surface area (Å²) < 4.78 is 13.6. The molecule has 0 unspecified atom stereocenters. The van der Waals surface area contributed by atoms with E-state index >= 15 is 0 Å². The molecule has 3 aliphatic rings. The van der Waals surface area contributed by atoms with Crippen molar-refractivity contribution >= 4 is 23.9 Å². The average Bonchev–Trinajstić information content (AvgIpc) is 2.72. The Morgan fingerprint density at radius 3 is 1.47 bits per heavy atom. The Kier molecular flexibility index (Phi) is 1.38. The van der Waals surface area contributed by atoms with E-state index in [9.17, 15) is 19.2 Å². The molecule has 15 heavy (non-hydrogen) atoms. The lowest BCUT2D eigenvalue weighted by atomic mass is 9.90. The van der Waals surface area contributed by atoms with E-state index in [1.807, 2.05) is 0 Å². The lowest BCUT2D eigenvalue weighted by Gasteiger charge is -2.03. The van der Waals surface area contributed by atoms with Gasteiger partial charge in [-0.15, -0.1) is 0 Å². The third-order valence-corrected chi connectivity index (χ3v) is 2.74. The van der Waals surface area contributed by atoms with Crippen LogP contribution in [0.1, 0.15) is 0 Å². The first-order valence-corrected chi connectivity index (χ1v) is 4.26. The van der Waals surface area contributed by atoms with Crippen molar-refractivity contribution in [2.75, 3.05) is 0 Å². The Balaban J connectivity index is 2.03. The molecular formula is C8H4O7. The Morgan fingerprint density at radius 1 is 0.667 bits per heavy atom. The van der Waals surface area contributed by atoms with E-state index in [-0.39, 0.29) is 0 Å². The molecule has 3 heterocycles. The summed E-state index contributed by atoms with van der Waals surface area (Å²) in [6.45, 7) is 0. The van der Waals surface area contributed by atoms with E-state index in [1.165, 1.54) is 0 Å². The largest absolute Gasteiger partial charge is 0.391 e. The molecule has 0 N–H and O–H groups in total. The highest BCUT2D eigenvalue weighted by atomic mass is 16.7. The van der Waals surface area contributed by atoms with Crippen molar-refractivity contribution < 1.29 is 33.4 Å². The summed E-state index contributed by atoms with van der Waals surface area (Å²) in [6, 6.07) is 0. The number of ether oxygens (including phenoxy) is 3. The van der Waals surface area contributed by atoms with Gasteiger partial charge in [0, 0.05) is 0 Å². The molecule has 0 spiro atoms. The van der Waals surface area contributed by atoms with Crippen LogP contribution in [-0.4, -0.2) is 36.1 Å². The number of hydrogen-bond donors (Lipinski definition) is 0. The van der Waals surface area contributed by atoms with Gasteiger partial charge in [-0.1, -0.05) is 0 Å². The molecule has 4 atom stereocenters. The SMILES string of the molecule is O=C1OC(=O)[C@H]2O[C@H]3C(=O)OC(=O)[C@@H]3[C@@H]12. The van der Waals surface area contributed by atoms with Gasteiger partial charge < -0.3 is 14.2 Å². The summed E-state index contributed by atoms with van der Waals surface area (Å²) in [5.41, 5.74) is 0. The van der Waals surface area contributed by atoms with Gasteiger partial charge in [-0.2, -0.15) is 0 Å². The van der Waals surface area contributed by atoms with Crippen LogP contribution >= 0.6 is 0 Å². The van der Waals surface area contributed by atoms with Crippen molar-refractivity contribution in [2.45, 2.75) is 12.2 Å². The zero-order valence-corrected chi connectivity index (χ0v) is 7.17. The first kappa shape index (κ1) is 8.54. The number of hydrogen-bond acceptors (Lipinski definition) is 7. The maximum Gasteiger partial charge on any atom is 0.343 e. The second kappa shape index (κ2) is 2.43. The predicted molar refractivity (Wildman–Crippen MR) is 37.8 cm³/mol. The molecular weight excluding hydrogens is 208 g/mol. The van der Waals surface area contributed by atoms with E-state index in [1.54, 1.807) is 0 Å². The summed E-state index contributed by atoms with van der Waals surface area (Å²) >= 11 is 0. The minimum Gasteiger partial charge on any atom is -0.391 e. The number of carbonyl (C=O) groups excluding carboxylic acids is 4. The molecule has 78 valence electrons.